The van der Waals surface area contributed by atoms with Crippen molar-refractivity contribution < 1.29 is 23.5 Å². The molecule has 1 aromatic heterocycles. The van der Waals surface area contributed by atoms with Crippen molar-refractivity contribution in [2.24, 2.45) is 5.92 Å². The summed E-state index contributed by atoms with van der Waals surface area (Å²) in [5.74, 6) is -0.296. The Bertz CT molecular complexity index is 790. The first-order valence-electron chi connectivity index (χ1n) is 8.86. The van der Waals surface area contributed by atoms with Crippen LogP contribution in [-0.4, -0.2) is 49.4 Å². The number of amides is 2. The molecule has 1 aliphatic heterocycles. The van der Waals surface area contributed by atoms with Gasteiger partial charge in [0.15, 0.2) is 0 Å². The number of piperidine rings is 1. The quantitative estimate of drug-likeness (QED) is 0.816. The average molecular weight is 370 g/mol. The Kier molecular flexibility index (Phi) is 5.90. The van der Waals surface area contributed by atoms with Crippen molar-refractivity contribution in [1.29, 1.82) is 0 Å². The molecule has 1 aromatic carbocycles. The van der Waals surface area contributed by atoms with Crippen LogP contribution < -0.4 is 5.32 Å². The second-order valence-electron chi connectivity index (χ2n) is 6.53. The van der Waals surface area contributed by atoms with Crippen LogP contribution in [0, 0.1) is 5.92 Å². The smallest absolute Gasteiger partial charge is 0.337 e. The highest BCUT2D eigenvalue weighted by Crippen LogP contribution is 2.19. The highest BCUT2D eigenvalue weighted by Gasteiger charge is 2.24. The van der Waals surface area contributed by atoms with E-state index in [1.165, 1.54) is 19.6 Å². The van der Waals surface area contributed by atoms with E-state index >= 15 is 0 Å². The Morgan fingerprint density at radius 2 is 1.74 bits per heavy atom. The van der Waals surface area contributed by atoms with Crippen LogP contribution in [0.4, 0.5) is 0 Å². The number of carbonyl (C=O) groups excluding carboxylic acids is 3. The summed E-state index contributed by atoms with van der Waals surface area (Å²) < 4.78 is 9.60. The molecule has 7 nitrogen and oxygen atoms in total. The van der Waals surface area contributed by atoms with E-state index in [0.29, 0.717) is 42.2 Å². The van der Waals surface area contributed by atoms with Crippen molar-refractivity contribution in [3.63, 3.8) is 0 Å². The molecule has 0 bridgehead atoms. The average Bonchev–Trinajstić information content (AvgIpc) is 3.26. The number of carbonyl (C=O) groups is 3. The number of methoxy groups -OCH3 is 1. The van der Waals surface area contributed by atoms with Crippen molar-refractivity contribution in [3.05, 3.63) is 59.5 Å². The van der Waals surface area contributed by atoms with Crippen LogP contribution in [0.5, 0.6) is 0 Å². The summed E-state index contributed by atoms with van der Waals surface area (Å²) in [5, 5.41) is 2.93. The number of esters is 1. The van der Waals surface area contributed by atoms with Crippen molar-refractivity contribution in [2.45, 2.75) is 12.8 Å². The van der Waals surface area contributed by atoms with Gasteiger partial charge in [-0.3, -0.25) is 9.59 Å². The van der Waals surface area contributed by atoms with Crippen LogP contribution in [0.25, 0.3) is 0 Å². The Balaban J connectivity index is 1.45. The summed E-state index contributed by atoms with van der Waals surface area (Å²) in [6, 6.07) is 8.02. The SMILES string of the molecule is COC(=O)c1ccc(C(=O)NCC2CCN(C(=O)c3ccoc3)CC2)cc1. The minimum absolute atomic E-state index is 0.0167. The fourth-order valence-corrected chi connectivity index (χ4v) is 3.12. The van der Waals surface area contributed by atoms with Gasteiger partial charge < -0.3 is 19.4 Å². The first kappa shape index (κ1) is 18.7. The molecule has 1 N–H and O–H groups in total. The molecule has 0 radical (unpaired) electrons. The van der Waals surface area contributed by atoms with E-state index in [4.69, 9.17) is 4.42 Å². The summed E-state index contributed by atoms with van der Waals surface area (Å²) in [4.78, 5) is 37.8. The third kappa shape index (κ3) is 4.55. The van der Waals surface area contributed by atoms with Crippen molar-refractivity contribution in [1.82, 2.24) is 10.2 Å². The molecule has 142 valence electrons. The molecule has 1 saturated heterocycles. The molecule has 2 aromatic rings. The summed E-state index contributed by atoms with van der Waals surface area (Å²) in [6.07, 6.45) is 4.63. The van der Waals surface area contributed by atoms with Gasteiger partial charge in [0, 0.05) is 25.2 Å². The number of likely N-dealkylation sites (tertiary alicyclic amines) is 1. The molecule has 0 unspecified atom stereocenters. The third-order valence-electron chi connectivity index (χ3n) is 4.79. The topological polar surface area (TPSA) is 88.9 Å². The van der Waals surface area contributed by atoms with Gasteiger partial charge in [0.2, 0.25) is 0 Å². The lowest BCUT2D eigenvalue weighted by atomic mass is 9.96. The number of nitrogens with zero attached hydrogens (tertiary/aromatic N) is 1. The maximum absolute atomic E-state index is 12.3. The van der Waals surface area contributed by atoms with Crippen LogP contribution in [0.3, 0.4) is 0 Å². The molecule has 2 heterocycles. The van der Waals surface area contributed by atoms with Gasteiger partial charge in [-0.25, -0.2) is 4.79 Å². The third-order valence-corrected chi connectivity index (χ3v) is 4.79. The van der Waals surface area contributed by atoms with E-state index in [9.17, 15) is 14.4 Å². The van der Waals surface area contributed by atoms with E-state index in [0.717, 1.165) is 12.8 Å². The summed E-state index contributed by atoms with van der Waals surface area (Å²) in [7, 11) is 1.32. The number of hydrogen-bond acceptors (Lipinski definition) is 5. The Morgan fingerprint density at radius 1 is 1.07 bits per heavy atom. The lowest BCUT2D eigenvalue weighted by Crippen LogP contribution is -2.41. The highest BCUT2D eigenvalue weighted by molar-refractivity contribution is 5.96. The number of benzene rings is 1. The number of rotatable bonds is 5. The molecule has 7 heteroatoms. The Labute approximate surface area is 157 Å². The standard InChI is InChI=1S/C20H22N2O5/c1-26-20(25)16-4-2-15(3-5-16)18(23)21-12-14-6-9-22(10-7-14)19(24)17-8-11-27-13-17/h2-5,8,11,13-14H,6-7,9-10,12H2,1H3,(H,21,23). The summed E-state index contributed by atoms with van der Waals surface area (Å²) in [6.45, 7) is 1.89. The number of furan rings is 1. The van der Waals surface area contributed by atoms with Crippen molar-refractivity contribution in [3.8, 4) is 0 Å². The van der Waals surface area contributed by atoms with Gasteiger partial charge in [-0.05, 0) is 49.1 Å². The molecule has 0 atom stereocenters. The molecule has 1 aliphatic rings. The Morgan fingerprint density at radius 3 is 2.33 bits per heavy atom. The van der Waals surface area contributed by atoms with E-state index in [-0.39, 0.29) is 11.8 Å². The van der Waals surface area contributed by atoms with Crippen LogP contribution in [0.1, 0.15) is 43.9 Å². The van der Waals surface area contributed by atoms with E-state index in [2.05, 4.69) is 10.1 Å². The molecule has 0 spiro atoms. The largest absolute Gasteiger partial charge is 0.472 e. The van der Waals surface area contributed by atoms with Gasteiger partial charge in [0.25, 0.3) is 11.8 Å². The fourth-order valence-electron chi connectivity index (χ4n) is 3.12. The van der Waals surface area contributed by atoms with Crippen LogP contribution >= 0.6 is 0 Å². The lowest BCUT2D eigenvalue weighted by molar-refractivity contribution is 0.0600. The number of hydrogen-bond donors (Lipinski definition) is 1. The van der Waals surface area contributed by atoms with Crippen LogP contribution in [-0.2, 0) is 4.74 Å². The molecular weight excluding hydrogens is 348 g/mol. The molecular formula is C20H22N2O5. The van der Waals surface area contributed by atoms with Gasteiger partial charge in [0.1, 0.15) is 6.26 Å². The van der Waals surface area contributed by atoms with Gasteiger partial charge in [-0.15, -0.1) is 0 Å². The summed E-state index contributed by atoms with van der Waals surface area (Å²) in [5.41, 5.74) is 1.47. The normalized spacial score (nSPS) is 14.6. The Hall–Kier alpha value is -3.09. The first-order valence-corrected chi connectivity index (χ1v) is 8.86. The van der Waals surface area contributed by atoms with E-state index in [1.807, 2.05) is 4.90 Å². The van der Waals surface area contributed by atoms with Gasteiger partial charge >= 0.3 is 5.97 Å². The second kappa shape index (κ2) is 8.53. The zero-order valence-corrected chi connectivity index (χ0v) is 15.1. The molecule has 3 rings (SSSR count). The predicted octanol–water partition coefficient (Wildman–Crippen LogP) is 2.35. The minimum Gasteiger partial charge on any atom is -0.472 e. The van der Waals surface area contributed by atoms with Crippen LogP contribution in [0.2, 0.25) is 0 Å². The number of ether oxygens (including phenoxy) is 1. The van der Waals surface area contributed by atoms with Gasteiger partial charge in [-0.1, -0.05) is 0 Å². The molecule has 2 amide bonds. The predicted molar refractivity (Wildman–Crippen MR) is 97.5 cm³/mol. The van der Waals surface area contributed by atoms with Crippen LogP contribution in [0.15, 0.2) is 47.3 Å². The second-order valence-corrected chi connectivity index (χ2v) is 6.53. The molecule has 0 saturated carbocycles. The zero-order valence-electron chi connectivity index (χ0n) is 15.1. The van der Waals surface area contributed by atoms with Gasteiger partial charge in [0.05, 0.1) is 24.5 Å². The monoisotopic (exact) mass is 370 g/mol. The lowest BCUT2D eigenvalue weighted by Gasteiger charge is -2.31. The van der Waals surface area contributed by atoms with Crippen molar-refractivity contribution in [2.75, 3.05) is 26.7 Å². The summed E-state index contributed by atoms with van der Waals surface area (Å²) >= 11 is 0. The number of nitrogens with one attached hydrogen (secondary N) is 1. The maximum Gasteiger partial charge on any atom is 0.337 e. The highest BCUT2D eigenvalue weighted by atomic mass is 16.5. The molecule has 27 heavy (non-hydrogen) atoms. The minimum atomic E-state index is -0.432. The van der Waals surface area contributed by atoms with E-state index < -0.39 is 5.97 Å². The molecule has 0 aliphatic carbocycles. The van der Waals surface area contributed by atoms with E-state index in [1.54, 1.807) is 30.3 Å². The van der Waals surface area contributed by atoms with Crippen molar-refractivity contribution >= 4 is 17.8 Å². The zero-order chi connectivity index (χ0) is 19.2. The van der Waals surface area contributed by atoms with Gasteiger partial charge in [-0.2, -0.15) is 0 Å². The molecule has 1 fully saturated rings. The maximum atomic E-state index is 12.3. The fraction of sp³-hybridized carbons (Fsp3) is 0.350. The first-order chi connectivity index (χ1) is 13.1.